The predicted octanol–water partition coefficient (Wildman–Crippen LogP) is 8.47. The van der Waals surface area contributed by atoms with E-state index in [2.05, 4.69) is 52.4 Å². The Morgan fingerprint density at radius 2 is 0.951 bits per heavy atom. The fraction of sp³-hybridized carbons (Fsp3) is 0.0811. The molecule has 4 nitrogen and oxygen atoms in total. The summed E-state index contributed by atoms with van der Waals surface area (Å²) >= 11 is 0. The molecule has 0 heterocycles. The van der Waals surface area contributed by atoms with Crippen LogP contribution in [0.3, 0.4) is 0 Å². The largest absolute Gasteiger partial charge is 0.376 e. The Hall–Kier alpha value is -5.06. The van der Waals surface area contributed by atoms with Crippen LogP contribution in [-0.4, -0.2) is 10.8 Å². The highest BCUT2D eigenvalue weighted by molar-refractivity contribution is 5.62. The zero-order chi connectivity index (χ0) is 28.0. The average molecular weight is 536 g/mol. The van der Waals surface area contributed by atoms with Gasteiger partial charge in [0.2, 0.25) is 0 Å². The van der Waals surface area contributed by atoms with Crippen molar-refractivity contribution in [3.8, 4) is 0 Å². The molecule has 1 aliphatic carbocycles. The van der Waals surface area contributed by atoms with Crippen LogP contribution >= 0.6 is 0 Å². The van der Waals surface area contributed by atoms with Gasteiger partial charge in [-0.05, 0) is 71.3 Å². The summed E-state index contributed by atoms with van der Waals surface area (Å²) < 4.78 is 0. The van der Waals surface area contributed by atoms with Gasteiger partial charge in [0.05, 0.1) is 0 Å². The number of rotatable bonds is 9. The molecule has 41 heavy (non-hydrogen) atoms. The fourth-order valence-corrected chi connectivity index (χ4v) is 5.34. The van der Waals surface area contributed by atoms with Gasteiger partial charge in [0.1, 0.15) is 11.3 Å². The first-order valence-corrected chi connectivity index (χ1v) is 13.9. The summed E-state index contributed by atoms with van der Waals surface area (Å²) in [4.78, 5) is 0. The number of benzene rings is 5. The van der Waals surface area contributed by atoms with Crippen LogP contribution < -0.4 is 16.0 Å². The number of aliphatic hydroxyl groups is 1. The van der Waals surface area contributed by atoms with Crippen molar-refractivity contribution >= 4 is 22.7 Å². The Labute approximate surface area is 241 Å². The molecule has 0 aliphatic heterocycles. The van der Waals surface area contributed by atoms with Crippen molar-refractivity contribution < 1.29 is 5.11 Å². The zero-order valence-electron chi connectivity index (χ0n) is 22.7. The van der Waals surface area contributed by atoms with Crippen molar-refractivity contribution in [2.24, 2.45) is 0 Å². The highest BCUT2D eigenvalue weighted by Gasteiger charge is 2.38. The molecule has 0 bridgehead atoms. The van der Waals surface area contributed by atoms with Crippen LogP contribution in [-0.2, 0) is 5.60 Å². The lowest BCUT2D eigenvalue weighted by Crippen LogP contribution is -2.46. The molecule has 0 amide bonds. The quantitative estimate of drug-likeness (QED) is 0.143. The smallest absolute Gasteiger partial charge is 0.140 e. The third-order valence-electron chi connectivity index (χ3n) is 7.45. The van der Waals surface area contributed by atoms with E-state index >= 15 is 0 Å². The van der Waals surface area contributed by atoms with Gasteiger partial charge in [0.25, 0.3) is 0 Å². The van der Waals surface area contributed by atoms with Gasteiger partial charge in [0, 0.05) is 29.2 Å². The maximum absolute atomic E-state index is 12.5. The van der Waals surface area contributed by atoms with E-state index in [0.717, 1.165) is 39.4 Å². The van der Waals surface area contributed by atoms with Crippen molar-refractivity contribution in [3.63, 3.8) is 0 Å². The molecule has 0 aromatic heterocycles. The lowest BCUT2D eigenvalue weighted by atomic mass is 9.77. The van der Waals surface area contributed by atoms with Crippen molar-refractivity contribution in [2.75, 3.05) is 16.0 Å². The molecular formula is C37H33N3O. The molecule has 6 rings (SSSR count). The minimum Gasteiger partial charge on any atom is -0.376 e. The summed E-state index contributed by atoms with van der Waals surface area (Å²) in [7, 11) is 0. The third kappa shape index (κ3) is 5.79. The topological polar surface area (TPSA) is 56.3 Å². The van der Waals surface area contributed by atoms with E-state index in [1.807, 2.05) is 127 Å². The van der Waals surface area contributed by atoms with E-state index in [1.165, 1.54) is 0 Å². The molecule has 0 fully saturated rings. The molecular weight excluding hydrogens is 502 g/mol. The molecule has 0 spiro atoms. The molecule has 5 aromatic carbocycles. The van der Waals surface area contributed by atoms with Crippen molar-refractivity contribution in [2.45, 2.75) is 17.7 Å². The summed E-state index contributed by atoms with van der Waals surface area (Å²) in [5.41, 5.74) is 4.55. The number of nitrogens with one attached hydrogen (secondary N) is 3. The van der Waals surface area contributed by atoms with E-state index in [9.17, 15) is 5.11 Å². The highest BCUT2D eigenvalue weighted by Crippen LogP contribution is 2.41. The SMILES string of the molecule is OC(C1=CCC(Nc2ccccc2)(Nc2ccccc2)C=C1)(c1ccccc1)c1ccc(Nc2ccccc2)cc1. The second kappa shape index (κ2) is 11.6. The Balaban J connectivity index is 1.34. The first kappa shape index (κ1) is 26.2. The standard InChI is InChI=1S/C37H33N3O/c41-37(29-13-5-1-6-14-29,30-21-23-33(24-22-30)38-32-15-7-2-8-16-32)31-25-27-36(28-26-31,39-34-17-9-3-10-18-34)40-35-19-11-4-12-20-35/h1-27,38-41H,28H2. The molecule has 1 atom stereocenters. The third-order valence-corrected chi connectivity index (χ3v) is 7.45. The lowest BCUT2D eigenvalue weighted by molar-refractivity contribution is 0.124. The molecule has 0 saturated heterocycles. The van der Waals surface area contributed by atoms with Gasteiger partial charge in [-0.15, -0.1) is 0 Å². The second-order valence-electron chi connectivity index (χ2n) is 10.3. The molecule has 0 saturated carbocycles. The van der Waals surface area contributed by atoms with Gasteiger partial charge in [-0.2, -0.15) is 0 Å². The minimum atomic E-state index is -1.32. The van der Waals surface area contributed by atoms with Crippen LogP contribution in [0, 0.1) is 0 Å². The van der Waals surface area contributed by atoms with Gasteiger partial charge in [-0.1, -0.05) is 109 Å². The maximum Gasteiger partial charge on any atom is 0.140 e. The van der Waals surface area contributed by atoms with E-state index < -0.39 is 11.3 Å². The maximum atomic E-state index is 12.5. The molecule has 0 radical (unpaired) electrons. The Kier molecular flexibility index (Phi) is 7.40. The second-order valence-corrected chi connectivity index (χ2v) is 10.3. The van der Waals surface area contributed by atoms with Crippen LogP contribution in [0.1, 0.15) is 17.5 Å². The highest BCUT2D eigenvalue weighted by atomic mass is 16.3. The van der Waals surface area contributed by atoms with Crippen LogP contribution in [0.15, 0.2) is 169 Å². The molecule has 1 aliphatic rings. The van der Waals surface area contributed by atoms with Gasteiger partial charge < -0.3 is 21.1 Å². The first-order valence-electron chi connectivity index (χ1n) is 13.9. The van der Waals surface area contributed by atoms with Crippen molar-refractivity contribution in [1.29, 1.82) is 0 Å². The predicted molar refractivity (Wildman–Crippen MR) is 170 cm³/mol. The summed E-state index contributed by atoms with van der Waals surface area (Å²) in [5, 5.41) is 23.3. The fourth-order valence-electron chi connectivity index (χ4n) is 5.34. The van der Waals surface area contributed by atoms with E-state index in [0.29, 0.717) is 6.42 Å². The molecule has 5 aromatic rings. The summed E-state index contributed by atoms with van der Waals surface area (Å²) in [6, 6.07) is 48.4. The number of para-hydroxylation sites is 3. The van der Waals surface area contributed by atoms with E-state index in [1.54, 1.807) is 0 Å². The Bertz CT molecular complexity index is 1570. The summed E-state index contributed by atoms with van der Waals surface area (Å²) in [6.07, 6.45) is 6.92. The number of hydrogen-bond donors (Lipinski definition) is 4. The van der Waals surface area contributed by atoms with Gasteiger partial charge >= 0.3 is 0 Å². The number of anilines is 4. The van der Waals surface area contributed by atoms with Gasteiger partial charge in [-0.25, -0.2) is 0 Å². The monoisotopic (exact) mass is 535 g/mol. The van der Waals surface area contributed by atoms with E-state index in [-0.39, 0.29) is 0 Å². The molecule has 202 valence electrons. The summed E-state index contributed by atoms with van der Waals surface area (Å²) in [5.74, 6) is 0. The molecule has 4 heteroatoms. The lowest BCUT2D eigenvalue weighted by Gasteiger charge is -2.39. The van der Waals surface area contributed by atoms with Crippen molar-refractivity contribution in [1.82, 2.24) is 0 Å². The van der Waals surface area contributed by atoms with Crippen LogP contribution in [0.2, 0.25) is 0 Å². The normalized spacial score (nSPS) is 15.3. The Morgan fingerprint density at radius 1 is 0.512 bits per heavy atom. The molecule has 1 unspecified atom stereocenters. The van der Waals surface area contributed by atoms with Crippen LogP contribution in [0.4, 0.5) is 22.7 Å². The number of hydrogen-bond acceptors (Lipinski definition) is 4. The minimum absolute atomic E-state index is 0.576. The van der Waals surface area contributed by atoms with Crippen molar-refractivity contribution in [3.05, 3.63) is 181 Å². The van der Waals surface area contributed by atoms with Gasteiger partial charge in [0.15, 0.2) is 0 Å². The van der Waals surface area contributed by atoms with Crippen LogP contribution in [0.5, 0.6) is 0 Å². The summed E-state index contributed by atoms with van der Waals surface area (Å²) in [6.45, 7) is 0. The van der Waals surface area contributed by atoms with E-state index in [4.69, 9.17) is 0 Å². The van der Waals surface area contributed by atoms with Gasteiger partial charge in [-0.3, -0.25) is 0 Å². The zero-order valence-corrected chi connectivity index (χ0v) is 22.7. The van der Waals surface area contributed by atoms with Crippen LogP contribution in [0.25, 0.3) is 0 Å². The average Bonchev–Trinajstić information content (AvgIpc) is 3.03. The Morgan fingerprint density at radius 3 is 1.44 bits per heavy atom. The first-order chi connectivity index (χ1) is 20.1. The molecule has 4 N–H and O–H groups in total.